The fourth-order valence-corrected chi connectivity index (χ4v) is 4.03. The number of pyridine rings is 1. The average molecular weight is 355 g/mol. The number of nitrogens with zero attached hydrogens (tertiary/aromatic N) is 5. The molecule has 0 unspecified atom stereocenters. The van der Waals surface area contributed by atoms with Crippen LogP contribution in [0, 0.1) is 0 Å². The van der Waals surface area contributed by atoms with Crippen LogP contribution in [0.1, 0.15) is 30.3 Å². The lowest BCUT2D eigenvalue weighted by Crippen LogP contribution is -2.24. The van der Waals surface area contributed by atoms with Gasteiger partial charge in [0.15, 0.2) is 0 Å². The Kier molecular flexibility index (Phi) is 4.14. The SMILES string of the molecule is c1ccc(-c2nc3ncccn3c2CN2CCC[C@@H]2c2ccccn2)cc1. The van der Waals surface area contributed by atoms with Gasteiger partial charge in [-0.05, 0) is 37.6 Å². The predicted molar refractivity (Wildman–Crippen MR) is 105 cm³/mol. The highest BCUT2D eigenvalue weighted by Crippen LogP contribution is 2.34. The van der Waals surface area contributed by atoms with Crippen LogP contribution in [0.4, 0.5) is 0 Å². The second-order valence-electron chi connectivity index (χ2n) is 6.95. The molecule has 1 aromatic carbocycles. The molecule has 4 aromatic rings. The Morgan fingerprint density at radius 3 is 2.63 bits per heavy atom. The van der Waals surface area contributed by atoms with Crippen molar-refractivity contribution in [2.24, 2.45) is 0 Å². The minimum absolute atomic E-state index is 0.358. The first-order chi connectivity index (χ1) is 13.4. The first-order valence-corrected chi connectivity index (χ1v) is 9.42. The smallest absolute Gasteiger partial charge is 0.234 e. The van der Waals surface area contributed by atoms with Crippen LogP contribution >= 0.6 is 0 Å². The number of benzene rings is 1. The zero-order valence-corrected chi connectivity index (χ0v) is 15.1. The summed E-state index contributed by atoms with van der Waals surface area (Å²) in [6.45, 7) is 1.90. The summed E-state index contributed by atoms with van der Waals surface area (Å²) in [5.41, 5.74) is 4.49. The molecular weight excluding hydrogens is 334 g/mol. The molecule has 1 saturated heterocycles. The lowest BCUT2D eigenvalue weighted by molar-refractivity contribution is 0.241. The molecule has 0 spiro atoms. The molecule has 3 aromatic heterocycles. The normalized spacial score (nSPS) is 17.6. The Morgan fingerprint density at radius 2 is 1.78 bits per heavy atom. The molecule has 1 aliphatic heterocycles. The van der Waals surface area contributed by atoms with Gasteiger partial charge in [-0.15, -0.1) is 0 Å². The van der Waals surface area contributed by atoms with E-state index in [0.29, 0.717) is 6.04 Å². The van der Waals surface area contributed by atoms with Gasteiger partial charge >= 0.3 is 0 Å². The molecular formula is C22H21N5. The van der Waals surface area contributed by atoms with Crippen molar-refractivity contribution in [2.45, 2.75) is 25.4 Å². The summed E-state index contributed by atoms with van der Waals surface area (Å²) in [4.78, 5) is 16.4. The summed E-state index contributed by atoms with van der Waals surface area (Å²) in [6.07, 6.45) is 8.08. The Hall–Kier alpha value is -3.05. The van der Waals surface area contributed by atoms with Crippen LogP contribution in [0.5, 0.6) is 0 Å². The minimum Gasteiger partial charge on any atom is -0.289 e. The molecule has 5 nitrogen and oxygen atoms in total. The summed E-state index contributed by atoms with van der Waals surface area (Å²) in [6, 6.07) is 18.9. The van der Waals surface area contributed by atoms with Crippen molar-refractivity contribution in [3.8, 4) is 11.3 Å². The second-order valence-corrected chi connectivity index (χ2v) is 6.95. The molecule has 4 heterocycles. The highest BCUT2D eigenvalue weighted by molar-refractivity contribution is 5.65. The van der Waals surface area contributed by atoms with E-state index in [2.05, 4.69) is 61.9 Å². The fourth-order valence-electron chi connectivity index (χ4n) is 4.03. The van der Waals surface area contributed by atoms with E-state index >= 15 is 0 Å². The standard InChI is InChI=1S/C22H21N5/c1-2-8-17(9-3-1)21-20(27-15-7-13-24-22(27)25-21)16-26-14-6-11-19(26)18-10-4-5-12-23-18/h1-5,7-10,12-13,15,19H,6,11,14,16H2/t19-/m1/s1. The largest absolute Gasteiger partial charge is 0.289 e. The maximum atomic E-state index is 4.83. The molecule has 134 valence electrons. The zero-order chi connectivity index (χ0) is 18.1. The van der Waals surface area contributed by atoms with E-state index in [1.807, 2.05) is 24.4 Å². The number of imidazole rings is 1. The van der Waals surface area contributed by atoms with Gasteiger partial charge in [-0.3, -0.25) is 14.3 Å². The van der Waals surface area contributed by atoms with Gasteiger partial charge in [-0.25, -0.2) is 9.97 Å². The molecule has 27 heavy (non-hydrogen) atoms. The molecule has 0 N–H and O–H groups in total. The van der Waals surface area contributed by atoms with Gasteiger partial charge in [-0.2, -0.15) is 0 Å². The van der Waals surface area contributed by atoms with Crippen molar-refractivity contribution in [3.05, 3.63) is 84.6 Å². The number of hydrogen-bond acceptors (Lipinski definition) is 4. The fraction of sp³-hybridized carbons (Fsp3) is 0.227. The highest BCUT2D eigenvalue weighted by Gasteiger charge is 2.29. The van der Waals surface area contributed by atoms with E-state index in [1.54, 1.807) is 6.20 Å². The molecule has 0 radical (unpaired) electrons. The Bertz CT molecular complexity index is 1040. The van der Waals surface area contributed by atoms with Crippen LogP contribution < -0.4 is 0 Å². The van der Waals surface area contributed by atoms with E-state index in [1.165, 1.54) is 12.1 Å². The predicted octanol–water partition coefficient (Wildman–Crippen LogP) is 4.13. The molecule has 0 bridgehead atoms. The Labute approximate surface area is 158 Å². The summed E-state index contributed by atoms with van der Waals surface area (Å²) in [5.74, 6) is 0.750. The molecule has 5 rings (SSSR count). The van der Waals surface area contributed by atoms with Gasteiger partial charge in [0.05, 0.1) is 23.1 Å². The van der Waals surface area contributed by atoms with Gasteiger partial charge in [0, 0.05) is 30.7 Å². The summed E-state index contributed by atoms with van der Waals surface area (Å²) >= 11 is 0. The molecule has 0 aliphatic carbocycles. The van der Waals surface area contributed by atoms with E-state index in [4.69, 9.17) is 4.98 Å². The summed E-state index contributed by atoms with van der Waals surface area (Å²) in [5, 5.41) is 0. The summed E-state index contributed by atoms with van der Waals surface area (Å²) < 4.78 is 2.12. The van der Waals surface area contributed by atoms with Crippen molar-refractivity contribution in [1.29, 1.82) is 0 Å². The van der Waals surface area contributed by atoms with Gasteiger partial charge in [0.25, 0.3) is 0 Å². The quantitative estimate of drug-likeness (QED) is 0.552. The summed E-state index contributed by atoms with van der Waals surface area (Å²) in [7, 11) is 0. The van der Waals surface area contributed by atoms with Crippen LogP contribution in [-0.2, 0) is 6.54 Å². The second kappa shape index (κ2) is 6.93. The maximum absolute atomic E-state index is 4.83. The van der Waals surface area contributed by atoms with E-state index in [-0.39, 0.29) is 0 Å². The number of fused-ring (bicyclic) bond motifs is 1. The number of hydrogen-bond donors (Lipinski definition) is 0. The monoisotopic (exact) mass is 355 g/mol. The van der Waals surface area contributed by atoms with E-state index in [0.717, 1.165) is 42.2 Å². The van der Waals surface area contributed by atoms with Crippen molar-refractivity contribution < 1.29 is 0 Å². The van der Waals surface area contributed by atoms with Crippen molar-refractivity contribution in [2.75, 3.05) is 6.54 Å². The van der Waals surface area contributed by atoms with Crippen LogP contribution in [0.25, 0.3) is 17.0 Å². The minimum atomic E-state index is 0.358. The molecule has 1 fully saturated rings. The zero-order valence-electron chi connectivity index (χ0n) is 15.1. The molecule has 5 heteroatoms. The van der Waals surface area contributed by atoms with Crippen LogP contribution in [-0.4, -0.2) is 30.8 Å². The average Bonchev–Trinajstić information content (AvgIpc) is 3.35. The maximum Gasteiger partial charge on any atom is 0.234 e. The van der Waals surface area contributed by atoms with Crippen LogP contribution in [0.3, 0.4) is 0 Å². The van der Waals surface area contributed by atoms with E-state index in [9.17, 15) is 0 Å². The van der Waals surface area contributed by atoms with E-state index < -0.39 is 0 Å². The molecule has 0 amide bonds. The van der Waals surface area contributed by atoms with Gasteiger partial charge in [-0.1, -0.05) is 36.4 Å². The third-order valence-electron chi connectivity index (χ3n) is 5.30. The first-order valence-electron chi connectivity index (χ1n) is 9.42. The highest BCUT2D eigenvalue weighted by atomic mass is 15.2. The van der Waals surface area contributed by atoms with Crippen molar-refractivity contribution in [3.63, 3.8) is 0 Å². The Morgan fingerprint density at radius 1 is 0.926 bits per heavy atom. The third-order valence-corrected chi connectivity index (χ3v) is 5.30. The lowest BCUT2D eigenvalue weighted by atomic mass is 10.1. The van der Waals surface area contributed by atoms with Crippen LogP contribution in [0.15, 0.2) is 73.2 Å². The Balaban J connectivity index is 1.56. The van der Waals surface area contributed by atoms with Gasteiger partial charge in [0.2, 0.25) is 5.78 Å². The van der Waals surface area contributed by atoms with Crippen molar-refractivity contribution >= 4 is 5.78 Å². The number of likely N-dealkylation sites (tertiary alicyclic amines) is 1. The molecule has 1 atom stereocenters. The first kappa shape index (κ1) is 16.1. The lowest BCUT2D eigenvalue weighted by Gasteiger charge is -2.24. The molecule has 0 saturated carbocycles. The number of aromatic nitrogens is 4. The van der Waals surface area contributed by atoms with Gasteiger partial charge < -0.3 is 0 Å². The van der Waals surface area contributed by atoms with Gasteiger partial charge in [0.1, 0.15) is 0 Å². The number of rotatable bonds is 4. The topological polar surface area (TPSA) is 46.3 Å². The van der Waals surface area contributed by atoms with Crippen molar-refractivity contribution in [1.82, 2.24) is 24.3 Å². The van der Waals surface area contributed by atoms with Crippen LogP contribution in [0.2, 0.25) is 0 Å². The molecule has 1 aliphatic rings. The third kappa shape index (κ3) is 3.00.